The van der Waals surface area contributed by atoms with E-state index in [0.717, 1.165) is 37.5 Å². The molecule has 0 radical (unpaired) electrons. The molecule has 2 heterocycles. The van der Waals surface area contributed by atoms with Crippen molar-refractivity contribution in [2.24, 2.45) is 0 Å². The Morgan fingerprint density at radius 3 is 2.71 bits per heavy atom. The number of carbonyl (C=O) groups is 1. The number of aromatic nitrogens is 1. The first-order valence-electron chi connectivity index (χ1n) is 11.4. The van der Waals surface area contributed by atoms with Crippen LogP contribution in [0.15, 0.2) is 54.7 Å². The summed E-state index contributed by atoms with van der Waals surface area (Å²) >= 11 is 0. The lowest BCUT2D eigenvalue weighted by atomic mass is 9.88. The van der Waals surface area contributed by atoms with Gasteiger partial charge in [-0.25, -0.2) is 0 Å². The number of ether oxygens (including phenoxy) is 1. The Balaban J connectivity index is 1.60. The van der Waals surface area contributed by atoms with Crippen molar-refractivity contribution in [2.75, 3.05) is 33.3 Å². The second-order valence-corrected chi connectivity index (χ2v) is 8.32. The number of rotatable bonds is 9. The summed E-state index contributed by atoms with van der Waals surface area (Å²) in [5.74, 6) is 0.885. The van der Waals surface area contributed by atoms with Gasteiger partial charge in [0.15, 0.2) is 0 Å². The Morgan fingerprint density at radius 1 is 1.13 bits per heavy atom. The van der Waals surface area contributed by atoms with Crippen LogP contribution in [0.25, 0.3) is 10.9 Å². The van der Waals surface area contributed by atoms with E-state index in [1.165, 1.54) is 29.3 Å². The molecular weight excluding hydrogens is 386 g/mol. The van der Waals surface area contributed by atoms with E-state index in [-0.39, 0.29) is 11.8 Å². The van der Waals surface area contributed by atoms with Crippen LogP contribution in [0.5, 0.6) is 5.75 Å². The van der Waals surface area contributed by atoms with Gasteiger partial charge in [-0.2, -0.15) is 0 Å². The van der Waals surface area contributed by atoms with E-state index >= 15 is 0 Å². The molecule has 2 aromatic carbocycles. The first-order valence-corrected chi connectivity index (χ1v) is 11.4. The van der Waals surface area contributed by atoms with E-state index in [4.69, 9.17) is 4.74 Å². The fourth-order valence-corrected chi connectivity index (χ4v) is 4.70. The summed E-state index contributed by atoms with van der Waals surface area (Å²) in [4.78, 5) is 15.4. The van der Waals surface area contributed by atoms with Crippen LogP contribution >= 0.6 is 0 Å². The number of aryl methyl sites for hydroxylation is 1. The van der Waals surface area contributed by atoms with Gasteiger partial charge in [-0.3, -0.25) is 4.79 Å². The molecule has 1 atom stereocenters. The summed E-state index contributed by atoms with van der Waals surface area (Å²) in [6.45, 7) is 7.00. The van der Waals surface area contributed by atoms with E-state index in [1.807, 2.05) is 12.1 Å². The highest BCUT2D eigenvalue weighted by molar-refractivity contribution is 5.86. The van der Waals surface area contributed by atoms with Crippen LogP contribution in [0.4, 0.5) is 0 Å². The minimum absolute atomic E-state index is 0.0282. The lowest BCUT2D eigenvalue weighted by molar-refractivity contribution is -0.121. The number of nitrogens with zero attached hydrogens (tertiary/aromatic N) is 2. The average molecular weight is 420 g/mol. The first kappa shape index (κ1) is 21.4. The Morgan fingerprint density at radius 2 is 1.94 bits per heavy atom. The molecule has 1 saturated heterocycles. The van der Waals surface area contributed by atoms with Gasteiger partial charge in [0, 0.05) is 49.1 Å². The van der Waals surface area contributed by atoms with Gasteiger partial charge < -0.3 is 19.5 Å². The molecule has 0 unspecified atom stereocenters. The van der Waals surface area contributed by atoms with Gasteiger partial charge in [-0.05, 0) is 62.2 Å². The van der Waals surface area contributed by atoms with Crippen LogP contribution < -0.4 is 10.1 Å². The standard InChI is InChI=1S/C26H33N3O2/c1-3-29-19-24(22-11-4-5-12-25(22)29)23(20-9-8-10-21(17-20)31-2)18-26(30)27-13-16-28-14-6-7-15-28/h4-5,8-12,17,19,23H,3,6-7,13-16,18H2,1-2H3,(H,27,30)/t23-/m0/s1. The summed E-state index contributed by atoms with van der Waals surface area (Å²) < 4.78 is 7.74. The van der Waals surface area contributed by atoms with E-state index in [2.05, 4.69) is 64.3 Å². The lowest BCUT2D eigenvalue weighted by Crippen LogP contribution is -2.34. The molecule has 3 aromatic rings. The van der Waals surface area contributed by atoms with Crippen LogP contribution in [-0.4, -0.2) is 48.7 Å². The molecule has 1 aliphatic heterocycles. The molecule has 31 heavy (non-hydrogen) atoms. The topological polar surface area (TPSA) is 46.5 Å². The highest BCUT2D eigenvalue weighted by Gasteiger charge is 2.23. The van der Waals surface area contributed by atoms with Gasteiger partial charge in [-0.15, -0.1) is 0 Å². The maximum atomic E-state index is 13.0. The number of amides is 1. The quantitative estimate of drug-likeness (QED) is 0.559. The first-order chi connectivity index (χ1) is 15.2. The van der Waals surface area contributed by atoms with Crippen molar-refractivity contribution in [3.05, 3.63) is 65.9 Å². The molecule has 1 N–H and O–H groups in total. The Bertz CT molecular complexity index is 1020. The lowest BCUT2D eigenvalue weighted by Gasteiger charge is -2.19. The maximum absolute atomic E-state index is 13.0. The largest absolute Gasteiger partial charge is 0.497 e. The fraction of sp³-hybridized carbons (Fsp3) is 0.423. The molecule has 5 nitrogen and oxygen atoms in total. The van der Waals surface area contributed by atoms with Crippen molar-refractivity contribution in [1.82, 2.24) is 14.8 Å². The SMILES string of the molecule is CCn1cc([C@@H](CC(=O)NCCN2CCCC2)c2cccc(OC)c2)c2ccccc21. The van der Waals surface area contributed by atoms with Crippen LogP contribution in [0.1, 0.15) is 43.2 Å². The fourth-order valence-electron chi connectivity index (χ4n) is 4.70. The number of para-hydroxylation sites is 1. The zero-order valence-electron chi connectivity index (χ0n) is 18.6. The van der Waals surface area contributed by atoms with E-state index in [9.17, 15) is 4.79 Å². The molecule has 0 spiro atoms. The molecule has 1 fully saturated rings. The number of hydrogen-bond donors (Lipinski definition) is 1. The summed E-state index contributed by atoms with van der Waals surface area (Å²) in [7, 11) is 1.68. The van der Waals surface area contributed by atoms with E-state index < -0.39 is 0 Å². The Labute approximate surface area is 185 Å². The third-order valence-corrected chi connectivity index (χ3v) is 6.37. The predicted molar refractivity (Wildman–Crippen MR) is 126 cm³/mol. The molecule has 1 aliphatic rings. The third kappa shape index (κ3) is 4.93. The number of nitrogens with one attached hydrogen (secondary N) is 1. The zero-order valence-corrected chi connectivity index (χ0v) is 18.6. The molecule has 0 bridgehead atoms. The van der Waals surface area contributed by atoms with Crippen molar-refractivity contribution in [2.45, 2.75) is 38.6 Å². The van der Waals surface area contributed by atoms with Gasteiger partial charge in [-0.1, -0.05) is 30.3 Å². The summed E-state index contributed by atoms with van der Waals surface area (Å²) in [5.41, 5.74) is 3.51. The Hall–Kier alpha value is -2.79. The molecule has 1 amide bonds. The van der Waals surface area contributed by atoms with Crippen LogP contribution in [0.3, 0.4) is 0 Å². The molecule has 0 saturated carbocycles. The summed E-state index contributed by atoms with van der Waals surface area (Å²) in [6, 6.07) is 16.6. The molecule has 0 aliphatic carbocycles. The molecular formula is C26H33N3O2. The van der Waals surface area contributed by atoms with E-state index in [0.29, 0.717) is 13.0 Å². The number of fused-ring (bicyclic) bond motifs is 1. The van der Waals surface area contributed by atoms with Gasteiger partial charge >= 0.3 is 0 Å². The zero-order chi connectivity index (χ0) is 21.6. The number of benzene rings is 2. The van der Waals surface area contributed by atoms with E-state index in [1.54, 1.807) is 7.11 Å². The van der Waals surface area contributed by atoms with Gasteiger partial charge in [0.25, 0.3) is 0 Å². The molecule has 5 heteroatoms. The summed E-state index contributed by atoms with van der Waals surface area (Å²) in [6.07, 6.45) is 5.18. The average Bonchev–Trinajstić information content (AvgIpc) is 3.45. The number of hydrogen-bond acceptors (Lipinski definition) is 3. The van der Waals surface area contributed by atoms with Crippen molar-refractivity contribution < 1.29 is 9.53 Å². The normalized spacial score (nSPS) is 15.3. The highest BCUT2D eigenvalue weighted by Crippen LogP contribution is 2.36. The van der Waals surface area contributed by atoms with Crippen molar-refractivity contribution in [3.8, 4) is 5.75 Å². The van der Waals surface area contributed by atoms with Crippen molar-refractivity contribution in [1.29, 1.82) is 0 Å². The van der Waals surface area contributed by atoms with Gasteiger partial charge in [0.1, 0.15) is 5.75 Å². The predicted octanol–water partition coefficient (Wildman–Crippen LogP) is 4.40. The maximum Gasteiger partial charge on any atom is 0.220 e. The van der Waals surface area contributed by atoms with Crippen molar-refractivity contribution in [3.63, 3.8) is 0 Å². The monoisotopic (exact) mass is 419 g/mol. The summed E-state index contributed by atoms with van der Waals surface area (Å²) in [5, 5.41) is 4.37. The minimum atomic E-state index is -0.0282. The minimum Gasteiger partial charge on any atom is -0.497 e. The van der Waals surface area contributed by atoms with Gasteiger partial charge in [0.05, 0.1) is 7.11 Å². The van der Waals surface area contributed by atoms with Crippen LogP contribution in [0, 0.1) is 0 Å². The molecule has 4 rings (SSSR count). The second-order valence-electron chi connectivity index (χ2n) is 8.32. The molecule has 164 valence electrons. The highest BCUT2D eigenvalue weighted by atomic mass is 16.5. The number of methoxy groups -OCH3 is 1. The number of carbonyl (C=O) groups excluding carboxylic acids is 1. The third-order valence-electron chi connectivity index (χ3n) is 6.37. The molecule has 1 aromatic heterocycles. The van der Waals surface area contributed by atoms with Crippen LogP contribution in [-0.2, 0) is 11.3 Å². The Kier molecular flexibility index (Phi) is 6.92. The smallest absolute Gasteiger partial charge is 0.220 e. The van der Waals surface area contributed by atoms with Crippen LogP contribution in [0.2, 0.25) is 0 Å². The number of likely N-dealkylation sites (tertiary alicyclic amines) is 1. The van der Waals surface area contributed by atoms with Crippen molar-refractivity contribution >= 4 is 16.8 Å². The second kappa shape index (κ2) is 10.0. The van der Waals surface area contributed by atoms with Gasteiger partial charge in [0.2, 0.25) is 5.91 Å².